The first-order chi connectivity index (χ1) is 13.4. The fourth-order valence-corrected chi connectivity index (χ4v) is 2.65. The van der Waals surface area contributed by atoms with E-state index in [-0.39, 0.29) is 30.6 Å². The summed E-state index contributed by atoms with van der Waals surface area (Å²) in [5.74, 6) is -0.931. The molecule has 0 fully saturated rings. The van der Waals surface area contributed by atoms with Crippen LogP contribution in [-0.2, 0) is 22.2 Å². The number of nitrogens with one attached hydrogen (secondary N) is 3. The van der Waals surface area contributed by atoms with Crippen LogP contribution in [0.1, 0.15) is 31.9 Å². The van der Waals surface area contributed by atoms with Gasteiger partial charge in [-0.05, 0) is 23.8 Å². The van der Waals surface area contributed by atoms with Gasteiger partial charge < -0.3 is 16.0 Å². The summed E-state index contributed by atoms with van der Waals surface area (Å²) in [4.78, 5) is 31.2. The molecule has 0 bridgehead atoms. The number of rotatable bonds is 5. The number of nitrogens with zero attached hydrogens (tertiary/aromatic N) is 2. The number of alkyl halides is 3. The SMILES string of the molecule is CC(C)(C)C(=O)CNc1nc(Nc2ccc3c(c2)CC(=O)N3)ncc1C(F)(F)F. The lowest BCUT2D eigenvalue weighted by Gasteiger charge is -2.19. The Balaban J connectivity index is 1.84. The smallest absolute Gasteiger partial charge is 0.362 e. The van der Waals surface area contributed by atoms with Crippen LogP contribution in [0.5, 0.6) is 0 Å². The molecule has 0 spiro atoms. The summed E-state index contributed by atoms with van der Waals surface area (Å²) in [5, 5.41) is 8.01. The second kappa shape index (κ2) is 7.34. The van der Waals surface area contributed by atoms with E-state index in [9.17, 15) is 22.8 Å². The lowest BCUT2D eigenvalue weighted by atomic mass is 9.91. The van der Waals surface area contributed by atoms with E-state index >= 15 is 0 Å². The van der Waals surface area contributed by atoms with E-state index in [1.807, 2.05) is 0 Å². The number of carbonyl (C=O) groups excluding carboxylic acids is 2. The minimum absolute atomic E-state index is 0.0686. The van der Waals surface area contributed by atoms with Gasteiger partial charge in [-0.3, -0.25) is 9.59 Å². The van der Waals surface area contributed by atoms with Gasteiger partial charge >= 0.3 is 6.18 Å². The van der Waals surface area contributed by atoms with Gasteiger partial charge in [0.2, 0.25) is 11.9 Å². The van der Waals surface area contributed by atoms with E-state index in [1.165, 1.54) is 0 Å². The largest absolute Gasteiger partial charge is 0.421 e. The first kappa shape index (κ1) is 20.6. The van der Waals surface area contributed by atoms with Crippen LogP contribution < -0.4 is 16.0 Å². The Morgan fingerprint density at radius 1 is 1.24 bits per heavy atom. The van der Waals surface area contributed by atoms with Crippen molar-refractivity contribution in [1.82, 2.24) is 9.97 Å². The van der Waals surface area contributed by atoms with E-state index < -0.39 is 23.0 Å². The highest BCUT2D eigenvalue weighted by Gasteiger charge is 2.35. The number of Topliss-reactive ketones (excluding diaryl/α,β-unsaturated/α-hetero) is 1. The highest BCUT2D eigenvalue weighted by molar-refractivity contribution is 5.99. The third-order valence-corrected chi connectivity index (χ3v) is 4.33. The molecule has 0 radical (unpaired) electrons. The number of aromatic nitrogens is 2. The van der Waals surface area contributed by atoms with Crippen LogP contribution in [0.4, 0.5) is 36.3 Å². The number of hydrogen-bond acceptors (Lipinski definition) is 6. The van der Waals surface area contributed by atoms with Crippen molar-refractivity contribution in [2.45, 2.75) is 33.4 Å². The van der Waals surface area contributed by atoms with Crippen LogP contribution in [0.25, 0.3) is 0 Å². The molecule has 29 heavy (non-hydrogen) atoms. The molecule has 1 aliphatic rings. The van der Waals surface area contributed by atoms with E-state index in [0.717, 1.165) is 5.56 Å². The van der Waals surface area contributed by atoms with E-state index in [0.29, 0.717) is 17.6 Å². The minimum atomic E-state index is -4.68. The van der Waals surface area contributed by atoms with Gasteiger partial charge in [-0.1, -0.05) is 20.8 Å². The van der Waals surface area contributed by atoms with Gasteiger partial charge in [0.05, 0.1) is 13.0 Å². The average Bonchev–Trinajstić information content (AvgIpc) is 2.97. The fourth-order valence-electron chi connectivity index (χ4n) is 2.65. The molecule has 2 aromatic rings. The highest BCUT2D eigenvalue weighted by Crippen LogP contribution is 2.34. The van der Waals surface area contributed by atoms with Crippen molar-refractivity contribution in [1.29, 1.82) is 0 Å². The molecular formula is C19H20F3N5O2. The van der Waals surface area contributed by atoms with Crippen molar-refractivity contribution in [2.24, 2.45) is 5.41 Å². The van der Waals surface area contributed by atoms with Gasteiger partial charge in [0.1, 0.15) is 11.4 Å². The van der Waals surface area contributed by atoms with Crippen LogP contribution in [-0.4, -0.2) is 28.2 Å². The Hall–Kier alpha value is -3.17. The molecule has 7 nitrogen and oxygen atoms in total. The van der Waals surface area contributed by atoms with Crippen molar-refractivity contribution in [3.63, 3.8) is 0 Å². The zero-order valence-corrected chi connectivity index (χ0v) is 16.1. The Labute approximate surface area is 165 Å². The molecule has 2 heterocycles. The lowest BCUT2D eigenvalue weighted by molar-refractivity contribution is -0.137. The van der Waals surface area contributed by atoms with Gasteiger partial charge in [-0.2, -0.15) is 18.2 Å². The fraction of sp³-hybridized carbons (Fsp3) is 0.368. The van der Waals surface area contributed by atoms with Gasteiger partial charge in [-0.15, -0.1) is 0 Å². The Bertz CT molecular complexity index is 967. The third kappa shape index (κ3) is 4.82. The minimum Gasteiger partial charge on any atom is -0.362 e. The summed E-state index contributed by atoms with van der Waals surface area (Å²) in [5.41, 5.74) is 0.221. The molecule has 1 aromatic carbocycles. The number of amides is 1. The second-order valence-corrected chi connectivity index (χ2v) is 7.70. The molecule has 0 unspecified atom stereocenters. The molecule has 0 saturated heterocycles. The zero-order chi connectivity index (χ0) is 21.4. The van der Waals surface area contributed by atoms with Gasteiger partial charge in [-0.25, -0.2) is 4.98 Å². The van der Waals surface area contributed by atoms with Crippen LogP contribution in [0.2, 0.25) is 0 Å². The summed E-state index contributed by atoms with van der Waals surface area (Å²) in [7, 11) is 0. The molecule has 3 N–H and O–H groups in total. The summed E-state index contributed by atoms with van der Waals surface area (Å²) < 4.78 is 39.9. The summed E-state index contributed by atoms with van der Waals surface area (Å²) in [6.07, 6.45) is -3.79. The number of benzene rings is 1. The number of carbonyl (C=O) groups is 2. The number of ketones is 1. The van der Waals surface area contributed by atoms with E-state index in [1.54, 1.807) is 39.0 Å². The first-order valence-electron chi connectivity index (χ1n) is 8.85. The molecule has 1 amide bonds. The summed E-state index contributed by atoms with van der Waals surface area (Å²) in [6, 6.07) is 5.04. The molecule has 0 atom stereocenters. The summed E-state index contributed by atoms with van der Waals surface area (Å²) >= 11 is 0. The van der Waals surface area contributed by atoms with Crippen molar-refractivity contribution in [3.05, 3.63) is 35.5 Å². The monoisotopic (exact) mass is 407 g/mol. The number of fused-ring (bicyclic) bond motifs is 1. The molecule has 3 rings (SSSR count). The number of hydrogen-bond donors (Lipinski definition) is 3. The molecule has 0 saturated carbocycles. The Morgan fingerprint density at radius 3 is 2.62 bits per heavy atom. The number of halogens is 3. The predicted molar refractivity (Wildman–Crippen MR) is 102 cm³/mol. The zero-order valence-electron chi connectivity index (χ0n) is 16.1. The van der Waals surface area contributed by atoms with Crippen molar-refractivity contribution in [2.75, 3.05) is 22.5 Å². The van der Waals surface area contributed by atoms with Crippen LogP contribution >= 0.6 is 0 Å². The topological polar surface area (TPSA) is 96.0 Å². The Morgan fingerprint density at radius 2 is 1.97 bits per heavy atom. The third-order valence-electron chi connectivity index (χ3n) is 4.33. The van der Waals surface area contributed by atoms with Gasteiger partial charge in [0.15, 0.2) is 5.78 Å². The molecular weight excluding hydrogens is 387 g/mol. The second-order valence-electron chi connectivity index (χ2n) is 7.70. The average molecular weight is 407 g/mol. The van der Waals surface area contributed by atoms with E-state index in [2.05, 4.69) is 25.9 Å². The molecule has 10 heteroatoms. The van der Waals surface area contributed by atoms with Crippen molar-refractivity contribution < 1.29 is 22.8 Å². The predicted octanol–water partition coefficient (Wildman–Crippen LogP) is 3.76. The van der Waals surface area contributed by atoms with Crippen molar-refractivity contribution >= 4 is 34.8 Å². The first-order valence-corrected chi connectivity index (χ1v) is 8.85. The Kier molecular flexibility index (Phi) is 5.20. The standard InChI is InChI=1S/C19H20F3N5O2/c1-18(2,3)14(28)9-23-16-12(19(20,21)22)8-24-17(27-16)25-11-4-5-13-10(6-11)7-15(29)26-13/h4-6,8H,7,9H2,1-3H3,(H,26,29)(H2,23,24,25,27). The maximum atomic E-state index is 13.3. The molecule has 1 aromatic heterocycles. The molecule has 1 aliphatic heterocycles. The van der Waals surface area contributed by atoms with Gasteiger partial charge in [0, 0.05) is 23.0 Å². The van der Waals surface area contributed by atoms with Crippen molar-refractivity contribution in [3.8, 4) is 0 Å². The lowest BCUT2D eigenvalue weighted by Crippen LogP contribution is -2.28. The van der Waals surface area contributed by atoms with Crippen LogP contribution in [0.15, 0.2) is 24.4 Å². The van der Waals surface area contributed by atoms with Crippen LogP contribution in [0.3, 0.4) is 0 Å². The number of anilines is 4. The van der Waals surface area contributed by atoms with E-state index in [4.69, 9.17) is 0 Å². The quantitative estimate of drug-likeness (QED) is 0.699. The molecule has 154 valence electrons. The molecule has 0 aliphatic carbocycles. The maximum Gasteiger partial charge on any atom is 0.421 e. The van der Waals surface area contributed by atoms with Crippen LogP contribution in [0, 0.1) is 5.41 Å². The normalized spacial score (nSPS) is 13.7. The maximum absolute atomic E-state index is 13.3. The highest BCUT2D eigenvalue weighted by atomic mass is 19.4. The summed E-state index contributed by atoms with van der Waals surface area (Å²) in [6.45, 7) is 4.75. The van der Waals surface area contributed by atoms with Gasteiger partial charge in [0.25, 0.3) is 0 Å².